The van der Waals surface area contributed by atoms with Crippen LogP contribution in [-0.4, -0.2) is 4.98 Å². The third-order valence-corrected chi connectivity index (χ3v) is 7.29. The van der Waals surface area contributed by atoms with Gasteiger partial charge in [-0.1, -0.05) is 70.9 Å². The van der Waals surface area contributed by atoms with Crippen molar-refractivity contribution in [3.05, 3.63) is 77.1 Å². The molecule has 2 heterocycles. The number of nitrogens with one attached hydrogen (secondary N) is 1. The Bertz CT molecular complexity index is 963. The Hall–Kier alpha value is -2.35. The molecule has 2 nitrogen and oxygen atoms in total. The first-order valence-electron chi connectivity index (χ1n) is 11.8. The number of fused-ring (bicyclic) bond motifs is 2. The zero-order valence-corrected chi connectivity index (χ0v) is 19.0. The Morgan fingerprint density at radius 1 is 1.13 bits per heavy atom. The van der Waals surface area contributed by atoms with Gasteiger partial charge < -0.3 is 5.32 Å². The molecule has 1 aromatic carbocycles. The van der Waals surface area contributed by atoms with Crippen LogP contribution in [0.4, 0.5) is 0 Å². The fourth-order valence-corrected chi connectivity index (χ4v) is 5.56. The molecule has 1 unspecified atom stereocenters. The minimum atomic E-state index is 0.0760. The van der Waals surface area contributed by atoms with Crippen LogP contribution in [0.2, 0.25) is 0 Å². The van der Waals surface area contributed by atoms with Crippen LogP contribution in [0.3, 0.4) is 0 Å². The molecule has 0 saturated heterocycles. The molecule has 1 fully saturated rings. The molecule has 30 heavy (non-hydrogen) atoms. The molecule has 1 atom stereocenters. The maximum absolute atomic E-state index is 4.99. The van der Waals surface area contributed by atoms with Gasteiger partial charge in [-0.05, 0) is 61.4 Å². The zero-order valence-electron chi connectivity index (χ0n) is 19.0. The fraction of sp³-hybridized carbons (Fsp3) is 0.464. The first kappa shape index (κ1) is 20.9. The number of benzene rings is 1. The van der Waals surface area contributed by atoms with Gasteiger partial charge in [0.1, 0.15) is 0 Å². The number of rotatable bonds is 6. The number of pyridine rings is 1. The summed E-state index contributed by atoms with van der Waals surface area (Å²) in [6.45, 7) is 15.4. The smallest absolute Gasteiger partial charge is 0.0632 e. The molecule has 2 aliphatic rings. The van der Waals surface area contributed by atoms with Gasteiger partial charge >= 0.3 is 0 Å². The van der Waals surface area contributed by atoms with Crippen LogP contribution in [-0.2, 0) is 5.54 Å². The standard InChI is InChI=1S/C28H36N2/c1-6-11-22(7-2)27-15-14-24(20(4)29-27)19(3)23-12-13-25-21(5)30-28(26(25)18-23)16-9-8-10-17-28/h12-15,18,22,30H,3,5-11,16-17H2,1-2,4H3. The van der Waals surface area contributed by atoms with E-state index in [1.807, 2.05) is 0 Å². The number of hydrogen-bond acceptors (Lipinski definition) is 2. The molecule has 1 saturated carbocycles. The monoisotopic (exact) mass is 400 g/mol. The van der Waals surface area contributed by atoms with Crippen molar-refractivity contribution in [2.24, 2.45) is 0 Å². The van der Waals surface area contributed by atoms with Gasteiger partial charge in [-0.3, -0.25) is 4.98 Å². The molecule has 0 bridgehead atoms. The van der Waals surface area contributed by atoms with Gasteiger partial charge in [0.15, 0.2) is 0 Å². The van der Waals surface area contributed by atoms with Gasteiger partial charge in [0.05, 0.1) is 5.54 Å². The molecule has 1 aliphatic carbocycles. The van der Waals surface area contributed by atoms with Crippen LogP contribution in [0.25, 0.3) is 11.3 Å². The number of hydrogen-bond donors (Lipinski definition) is 1. The Morgan fingerprint density at radius 2 is 1.90 bits per heavy atom. The number of aryl methyl sites for hydroxylation is 1. The first-order valence-corrected chi connectivity index (χ1v) is 11.8. The van der Waals surface area contributed by atoms with E-state index < -0.39 is 0 Å². The largest absolute Gasteiger partial charge is 0.375 e. The second-order valence-corrected chi connectivity index (χ2v) is 9.25. The summed E-state index contributed by atoms with van der Waals surface area (Å²) >= 11 is 0. The van der Waals surface area contributed by atoms with Crippen LogP contribution in [0.1, 0.15) is 105 Å². The summed E-state index contributed by atoms with van der Waals surface area (Å²) in [4.78, 5) is 4.99. The van der Waals surface area contributed by atoms with Gasteiger partial charge in [0.2, 0.25) is 0 Å². The molecule has 2 heteroatoms. The minimum absolute atomic E-state index is 0.0760. The average molecular weight is 401 g/mol. The summed E-state index contributed by atoms with van der Waals surface area (Å²) in [6.07, 6.45) is 9.84. The van der Waals surface area contributed by atoms with E-state index in [-0.39, 0.29) is 5.54 Å². The van der Waals surface area contributed by atoms with E-state index in [1.165, 1.54) is 67.3 Å². The quantitative estimate of drug-likeness (QED) is 0.543. The van der Waals surface area contributed by atoms with Crippen molar-refractivity contribution in [3.63, 3.8) is 0 Å². The molecular weight excluding hydrogens is 364 g/mol. The summed E-state index contributed by atoms with van der Waals surface area (Å²) in [5.74, 6) is 0.555. The number of aromatic nitrogens is 1. The SMILES string of the molecule is C=C1NC2(CCCCC2)c2cc(C(=C)c3ccc(C(CC)CCC)nc3C)ccc21. The third-order valence-electron chi connectivity index (χ3n) is 7.29. The summed E-state index contributed by atoms with van der Waals surface area (Å²) in [5.41, 5.74) is 9.60. The van der Waals surface area contributed by atoms with Crippen LogP contribution < -0.4 is 5.32 Å². The first-order chi connectivity index (χ1) is 14.5. The van der Waals surface area contributed by atoms with Crippen molar-refractivity contribution in [1.29, 1.82) is 0 Å². The predicted molar refractivity (Wildman–Crippen MR) is 128 cm³/mol. The Kier molecular flexibility index (Phi) is 5.86. The predicted octanol–water partition coefficient (Wildman–Crippen LogP) is 7.48. The van der Waals surface area contributed by atoms with Crippen molar-refractivity contribution in [3.8, 4) is 0 Å². The van der Waals surface area contributed by atoms with Gasteiger partial charge in [0, 0.05) is 34.1 Å². The lowest BCUT2D eigenvalue weighted by Gasteiger charge is -2.35. The Morgan fingerprint density at radius 3 is 2.57 bits per heavy atom. The van der Waals surface area contributed by atoms with Gasteiger partial charge in [-0.2, -0.15) is 0 Å². The molecule has 2 aromatic rings. The zero-order chi connectivity index (χ0) is 21.3. The highest BCUT2D eigenvalue weighted by Crippen LogP contribution is 2.46. The average Bonchev–Trinajstić information content (AvgIpc) is 3.02. The van der Waals surface area contributed by atoms with E-state index in [0.717, 1.165) is 28.9 Å². The maximum Gasteiger partial charge on any atom is 0.0632 e. The Labute approximate surface area is 182 Å². The normalized spacial score (nSPS) is 18.2. The Balaban J connectivity index is 1.66. The van der Waals surface area contributed by atoms with Crippen LogP contribution in [0.5, 0.6) is 0 Å². The lowest BCUT2D eigenvalue weighted by molar-refractivity contribution is 0.276. The van der Waals surface area contributed by atoms with Crippen LogP contribution in [0.15, 0.2) is 43.5 Å². The van der Waals surface area contributed by atoms with E-state index in [4.69, 9.17) is 4.98 Å². The summed E-state index contributed by atoms with van der Waals surface area (Å²) in [6, 6.07) is 11.3. The van der Waals surface area contributed by atoms with E-state index in [1.54, 1.807) is 0 Å². The van der Waals surface area contributed by atoms with Gasteiger partial charge in [0.25, 0.3) is 0 Å². The summed E-state index contributed by atoms with van der Waals surface area (Å²) in [5, 5.41) is 3.75. The van der Waals surface area contributed by atoms with E-state index in [2.05, 4.69) is 69.6 Å². The van der Waals surface area contributed by atoms with Crippen molar-refractivity contribution in [2.75, 3.05) is 0 Å². The summed E-state index contributed by atoms with van der Waals surface area (Å²) < 4.78 is 0. The lowest BCUT2D eigenvalue weighted by Crippen LogP contribution is -2.38. The molecule has 0 radical (unpaired) electrons. The molecule has 0 amide bonds. The number of nitrogens with zero attached hydrogens (tertiary/aromatic N) is 1. The van der Waals surface area contributed by atoms with E-state index in [0.29, 0.717) is 5.92 Å². The van der Waals surface area contributed by atoms with E-state index >= 15 is 0 Å². The fourth-order valence-electron chi connectivity index (χ4n) is 5.56. The van der Waals surface area contributed by atoms with Crippen LogP contribution in [0, 0.1) is 6.92 Å². The van der Waals surface area contributed by atoms with Crippen molar-refractivity contribution < 1.29 is 0 Å². The van der Waals surface area contributed by atoms with Gasteiger partial charge in [-0.25, -0.2) is 0 Å². The minimum Gasteiger partial charge on any atom is -0.375 e. The lowest BCUT2D eigenvalue weighted by atomic mass is 9.76. The summed E-state index contributed by atoms with van der Waals surface area (Å²) in [7, 11) is 0. The second-order valence-electron chi connectivity index (χ2n) is 9.25. The maximum atomic E-state index is 4.99. The molecule has 1 spiro atoms. The topological polar surface area (TPSA) is 24.9 Å². The molecule has 1 aromatic heterocycles. The molecule has 4 rings (SSSR count). The van der Waals surface area contributed by atoms with Crippen molar-refractivity contribution >= 4 is 11.3 Å². The highest BCUT2D eigenvalue weighted by atomic mass is 15.0. The highest BCUT2D eigenvalue weighted by molar-refractivity contribution is 5.82. The van der Waals surface area contributed by atoms with Crippen molar-refractivity contribution in [1.82, 2.24) is 10.3 Å². The molecule has 1 aliphatic heterocycles. The van der Waals surface area contributed by atoms with Crippen molar-refractivity contribution in [2.45, 2.75) is 83.6 Å². The molecule has 1 N–H and O–H groups in total. The van der Waals surface area contributed by atoms with E-state index in [9.17, 15) is 0 Å². The van der Waals surface area contributed by atoms with Crippen LogP contribution >= 0.6 is 0 Å². The third kappa shape index (κ3) is 3.62. The second kappa shape index (κ2) is 8.41. The highest BCUT2D eigenvalue weighted by Gasteiger charge is 2.41. The van der Waals surface area contributed by atoms with Gasteiger partial charge in [-0.15, -0.1) is 0 Å². The molecular formula is C28H36N2. The molecule has 158 valence electrons.